The van der Waals surface area contributed by atoms with Gasteiger partial charge in [0.2, 0.25) is 0 Å². The molecule has 5 heteroatoms. The summed E-state index contributed by atoms with van der Waals surface area (Å²) < 4.78 is 6.81. The Morgan fingerprint density at radius 1 is 1.37 bits per heavy atom. The third kappa shape index (κ3) is 4.60. The first-order valence-corrected chi connectivity index (χ1v) is 7.85. The van der Waals surface area contributed by atoms with Crippen molar-refractivity contribution in [1.29, 1.82) is 0 Å². The van der Waals surface area contributed by atoms with Gasteiger partial charge in [-0.05, 0) is 39.5 Å². The fraction of sp³-hybridized carbons (Fsp3) is 0.357. The molecule has 0 unspecified atom stereocenters. The molecule has 1 N–H and O–H groups in total. The predicted molar refractivity (Wildman–Crippen MR) is 82.6 cm³/mol. The van der Waals surface area contributed by atoms with Crippen LogP contribution in [0.25, 0.3) is 0 Å². The molecule has 0 amide bonds. The Hall–Kier alpha value is -0.910. The first-order chi connectivity index (χ1) is 9.15. The van der Waals surface area contributed by atoms with Gasteiger partial charge >= 0.3 is 0 Å². The van der Waals surface area contributed by atoms with Crippen molar-refractivity contribution in [3.63, 3.8) is 0 Å². The van der Waals surface area contributed by atoms with E-state index in [0.717, 1.165) is 22.5 Å². The normalized spacial score (nSPS) is 10.9. The van der Waals surface area contributed by atoms with Gasteiger partial charge < -0.3 is 10.1 Å². The van der Waals surface area contributed by atoms with Gasteiger partial charge in [-0.1, -0.05) is 13.8 Å². The van der Waals surface area contributed by atoms with Gasteiger partial charge in [0.05, 0.1) is 16.8 Å². The van der Waals surface area contributed by atoms with Crippen LogP contribution in [-0.2, 0) is 13.2 Å². The van der Waals surface area contributed by atoms with Crippen LogP contribution in [0.4, 0.5) is 0 Å². The Bertz CT molecular complexity index is 510. The topological polar surface area (TPSA) is 34.1 Å². The molecular weight excluding hydrogens is 324 g/mol. The molecule has 102 valence electrons. The van der Waals surface area contributed by atoms with Gasteiger partial charge in [0, 0.05) is 17.1 Å². The lowest BCUT2D eigenvalue weighted by atomic mass is 10.3. The van der Waals surface area contributed by atoms with Crippen LogP contribution < -0.4 is 10.1 Å². The molecule has 0 aromatic carbocycles. The van der Waals surface area contributed by atoms with Gasteiger partial charge in [0.25, 0.3) is 0 Å². The van der Waals surface area contributed by atoms with E-state index in [0.29, 0.717) is 12.6 Å². The number of hydrogen-bond donors (Lipinski definition) is 1. The van der Waals surface area contributed by atoms with E-state index in [9.17, 15) is 0 Å². The van der Waals surface area contributed by atoms with Crippen LogP contribution in [0.3, 0.4) is 0 Å². The third-order valence-corrected chi connectivity index (χ3v) is 4.45. The largest absolute Gasteiger partial charge is 0.486 e. The third-order valence-electron chi connectivity index (χ3n) is 2.55. The zero-order valence-electron chi connectivity index (χ0n) is 11.0. The zero-order valence-corrected chi connectivity index (χ0v) is 13.4. The average Bonchev–Trinajstić information content (AvgIpc) is 2.81. The Labute approximate surface area is 126 Å². The summed E-state index contributed by atoms with van der Waals surface area (Å²) in [6.45, 7) is 5.60. The summed E-state index contributed by atoms with van der Waals surface area (Å²) in [7, 11) is 0. The summed E-state index contributed by atoms with van der Waals surface area (Å²) >= 11 is 5.17. The van der Waals surface area contributed by atoms with Gasteiger partial charge in [0.15, 0.2) is 0 Å². The number of aromatic nitrogens is 1. The number of hydrogen-bond acceptors (Lipinski definition) is 4. The first kappa shape index (κ1) is 14.5. The van der Waals surface area contributed by atoms with E-state index in [1.807, 2.05) is 23.6 Å². The second-order valence-corrected chi connectivity index (χ2v) is 6.36. The summed E-state index contributed by atoms with van der Waals surface area (Å²) in [4.78, 5) is 5.56. The number of rotatable bonds is 6. The summed E-state index contributed by atoms with van der Waals surface area (Å²) in [5.74, 6) is 0.800. The van der Waals surface area contributed by atoms with E-state index < -0.39 is 0 Å². The lowest BCUT2D eigenvalue weighted by Gasteiger charge is -2.08. The van der Waals surface area contributed by atoms with Gasteiger partial charge in [-0.2, -0.15) is 0 Å². The summed E-state index contributed by atoms with van der Waals surface area (Å²) in [5, 5.41) is 5.38. The van der Waals surface area contributed by atoms with Crippen molar-refractivity contribution in [3.05, 3.63) is 44.8 Å². The molecule has 3 nitrogen and oxygen atoms in total. The molecule has 0 radical (unpaired) electrons. The van der Waals surface area contributed by atoms with Crippen LogP contribution in [0, 0.1) is 0 Å². The summed E-state index contributed by atoms with van der Waals surface area (Å²) in [6, 6.07) is 6.45. The average molecular weight is 341 g/mol. The minimum absolute atomic E-state index is 0.467. The standard InChI is InChI=1S/C14H17BrN2OS/c1-10(2)16-7-11-3-4-12(8-17-11)18-9-14-13(15)5-6-19-14/h3-6,8,10,16H,7,9H2,1-2H3. The molecule has 19 heavy (non-hydrogen) atoms. The molecule has 0 saturated heterocycles. The van der Waals surface area contributed by atoms with Gasteiger partial charge in [0.1, 0.15) is 12.4 Å². The summed E-state index contributed by atoms with van der Waals surface area (Å²) in [5.41, 5.74) is 1.03. The van der Waals surface area contributed by atoms with Crippen LogP contribution in [0.1, 0.15) is 24.4 Å². The number of nitrogens with one attached hydrogen (secondary N) is 1. The second-order valence-electron chi connectivity index (χ2n) is 4.50. The van der Waals surface area contributed by atoms with Gasteiger partial charge in [-0.15, -0.1) is 11.3 Å². The maximum Gasteiger partial charge on any atom is 0.138 e. The number of nitrogens with zero attached hydrogens (tertiary/aromatic N) is 1. The number of pyridine rings is 1. The highest BCUT2D eigenvalue weighted by Gasteiger charge is 2.03. The van der Waals surface area contributed by atoms with Crippen LogP contribution in [0.15, 0.2) is 34.2 Å². The molecule has 2 aromatic rings. The van der Waals surface area contributed by atoms with Crippen molar-refractivity contribution in [1.82, 2.24) is 10.3 Å². The Kier molecular flexibility index (Phi) is 5.36. The molecule has 0 aliphatic rings. The van der Waals surface area contributed by atoms with Crippen molar-refractivity contribution in [3.8, 4) is 5.75 Å². The van der Waals surface area contributed by atoms with Crippen molar-refractivity contribution in [2.45, 2.75) is 33.0 Å². The predicted octanol–water partition coefficient (Wildman–Crippen LogP) is 3.98. The second kappa shape index (κ2) is 7.03. The number of ether oxygens (including phenoxy) is 1. The molecular formula is C14H17BrN2OS. The van der Waals surface area contributed by atoms with E-state index in [1.54, 1.807) is 17.5 Å². The number of thiophene rings is 1. The molecule has 0 fully saturated rings. The fourth-order valence-electron chi connectivity index (χ4n) is 1.49. The maximum absolute atomic E-state index is 5.71. The van der Waals surface area contributed by atoms with Gasteiger partial charge in [-0.25, -0.2) is 0 Å². The van der Waals surface area contributed by atoms with Crippen molar-refractivity contribution < 1.29 is 4.74 Å². The minimum atomic E-state index is 0.467. The highest BCUT2D eigenvalue weighted by molar-refractivity contribution is 9.10. The number of halogens is 1. The SMILES string of the molecule is CC(C)NCc1ccc(OCc2sccc2Br)cn1. The van der Waals surface area contributed by atoms with Crippen LogP contribution in [-0.4, -0.2) is 11.0 Å². The Morgan fingerprint density at radius 2 is 2.21 bits per heavy atom. The molecule has 2 aromatic heterocycles. The minimum Gasteiger partial charge on any atom is -0.486 e. The van der Waals surface area contributed by atoms with E-state index >= 15 is 0 Å². The zero-order chi connectivity index (χ0) is 13.7. The molecule has 2 heterocycles. The van der Waals surface area contributed by atoms with Crippen molar-refractivity contribution in [2.24, 2.45) is 0 Å². The van der Waals surface area contributed by atoms with E-state index in [-0.39, 0.29) is 0 Å². The van der Waals surface area contributed by atoms with Crippen LogP contribution in [0.2, 0.25) is 0 Å². The van der Waals surface area contributed by atoms with E-state index in [4.69, 9.17) is 4.74 Å². The monoisotopic (exact) mass is 340 g/mol. The molecule has 0 atom stereocenters. The van der Waals surface area contributed by atoms with Crippen LogP contribution in [0.5, 0.6) is 5.75 Å². The molecule has 0 aliphatic heterocycles. The highest BCUT2D eigenvalue weighted by atomic mass is 79.9. The maximum atomic E-state index is 5.71. The lowest BCUT2D eigenvalue weighted by molar-refractivity contribution is 0.307. The molecule has 0 spiro atoms. The first-order valence-electron chi connectivity index (χ1n) is 6.18. The highest BCUT2D eigenvalue weighted by Crippen LogP contribution is 2.24. The Balaban J connectivity index is 1.86. The van der Waals surface area contributed by atoms with Crippen molar-refractivity contribution >= 4 is 27.3 Å². The molecule has 0 aliphatic carbocycles. The van der Waals surface area contributed by atoms with Crippen molar-refractivity contribution in [2.75, 3.05) is 0 Å². The van der Waals surface area contributed by atoms with E-state index in [1.165, 1.54) is 4.88 Å². The molecule has 0 saturated carbocycles. The van der Waals surface area contributed by atoms with Gasteiger partial charge in [-0.3, -0.25) is 4.98 Å². The molecule has 2 rings (SSSR count). The lowest BCUT2D eigenvalue weighted by Crippen LogP contribution is -2.22. The van der Waals surface area contributed by atoms with Crippen LogP contribution >= 0.6 is 27.3 Å². The fourth-order valence-corrected chi connectivity index (χ4v) is 2.86. The summed E-state index contributed by atoms with van der Waals surface area (Å²) in [6.07, 6.45) is 1.78. The van der Waals surface area contributed by atoms with E-state index in [2.05, 4.69) is 40.1 Å². The Morgan fingerprint density at radius 3 is 2.79 bits per heavy atom. The quantitative estimate of drug-likeness (QED) is 0.863. The molecule has 0 bridgehead atoms. The smallest absolute Gasteiger partial charge is 0.138 e.